The van der Waals surface area contributed by atoms with Gasteiger partial charge >= 0.3 is 0 Å². The maximum absolute atomic E-state index is 3.52. The standard InChI is InChI=1S/C22H23Br/c23-21-7-3-19(4-8-21)18-1-5-20(6-2-18)22-12-15-9-16(13-22)11-17(10-15)14-22/h1-8,15-17H,9-14H2/t15-,16-,17-,22?. The molecule has 2 aromatic rings. The van der Waals surface area contributed by atoms with Crippen molar-refractivity contribution in [2.45, 2.75) is 43.9 Å². The fourth-order valence-electron chi connectivity index (χ4n) is 6.12. The lowest BCUT2D eigenvalue weighted by atomic mass is 9.48. The van der Waals surface area contributed by atoms with E-state index in [1.54, 1.807) is 5.56 Å². The molecule has 0 saturated heterocycles. The quantitative estimate of drug-likeness (QED) is 0.562. The minimum absolute atomic E-state index is 0.521. The van der Waals surface area contributed by atoms with Crippen LogP contribution in [-0.2, 0) is 5.41 Å². The zero-order valence-electron chi connectivity index (χ0n) is 13.5. The molecule has 4 aliphatic rings. The minimum Gasteiger partial charge on any atom is -0.0579 e. The third-order valence-corrected chi connectivity index (χ3v) is 7.24. The van der Waals surface area contributed by atoms with Crippen LogP contribution in [0.5, 0.6) is 0 Å². The molecule has 23 heavy (non-hydrogen) atoms. The van der Waals surface area contributed by atoms with Crippen molar-refractivity contribution in [3.63, 3.8) is 0 Å². The van der Waals surface area contributed by atoms with Crippen molar-refractivity contribution in [2.24, 2.45) is 17.8 Å². The summed E-state index contributed by atoms with van der Waals surface area (Å²) in [7, 11) is 0. The summed E-state index contributed by atoms with van der Waals surface area (Å²) >= 11 is 3.52. The van der Waals surface area contributed by atoms with E-state index in [9.17, 15) is 0 Å². The van der Waals surface area contributed by atoms with Crippen LogP contribution in [0.4, 0.5) is 0 Å². The minimum atomic E-state index is 0.521. The van der Waals surface area contributed by atoms with Crippen molar-refractivity contribution in [3.05, 3.63) is 58.6 Å². The van der Waals surface area contributed by atoms with Gasteiger partial charge in [0.25, 0.3) is 0 Å². The van der Waals surface area contributed by atoms with Gasteiger partial charge in [0.2, 0.25) is 0 Å². The summed E-state index contributed by atoms with van der Waals surface area (Å²) in [5.74, 6) is 3.06. The second-order valence-electron chi connectivity index (χ2n) is 8.28. The van der Waals surface area contributed by atoms with Crippen molar-refractivity contribution in [1.82, 2.24) is 0 Å². The Morgan fingerprint density at radius 1 is 0.652 bits per heavy atom. The molecule has 0 heterocycles. The first-order valence-corrected chi connectivity index (χ1v) is 9.86. The molecule has 118 valence electrons. The first-order valence-electron chi connectivity index (χ1n) is 9.07. The molecule has 0 unspecified atom stereocenters. The van der Waals surface area contributed by atoms with E-state index in [-0.39, 0.29) is 0 Å². The third kappa shape index (κ3) is 2.39. The molecule has 0 atom stereocenters. The summed E-state index contributed by atoms with van der Waals surface area (Å²) < 4.78 is 1.14. The van der Waals surface area contributed by atoms with Crippen LogP contribution < -0.4 is 0 Å². The van der Waals surface area contributed by atoms with Crippen LogP contribution in [0.3, 0.4) is 0 Å². The van der Waals surface area contributed by atoms with Crippen LogP contribution in [0.25, 0.3) is 11.1 Å². The molecule has 4 fully saturated rings. The van der Waals surface area contributed by atoms with Crippen LogP contribution in [0.2, 0.25) is 0 Å². The number of benzene rings is 2. The molecule has 1 heteroatoms. The van der Waals surface area contributed by atoms with E-state index in [1.807, 2.05) is 0 Å². The zero-order chi connectivity index (χ0) is 15.4. The van der Waals surface area contributed by atoms with E-state index in [1.165, 1.54) is 49.7 Å². The summed E-state index contributed by atoms with van der Waals surface area (Å²) in [4.78, 5) is 0. The second-order valence-corrected chi connectivity index (χ2v) is 9.20. The normalized spacial score (nSPS) is 34.7. The Labute approximate surface area is 147 Å². The molecular formula is C22H23Br. The summed E-state index contributed by atoms with van der Waals surface area (Å²) in [6.07, 6.45) is 8.94. The Morgan fingerprint density at radius 2 is 1.09 bits per heavy atom. The van der Waals surface area contributed by atoms with Gasteiger partial charge in [0.05, 0.1) is 0 Å². The molecule has 6 rings (SSSR count). The van der Waals surface area contributed by atoms with E-state index in [0.717, 1.165) is 22.2 Å². The van der Waals surface area contributed by atoms with Crippen LogP contribution in [0.15, 0.2) is 53.0 Å². The second kappa shape index (κ2) is 5.21. The molecular weight excluding hydrogens is 344 g/mol. The highest BCUT2D eigenvalue weighted by Crippen LogP contribution is 2.60. The molecule has 0 amide bonds. The van der Waals surface area contributed by atoms with Crippen molar-refractivity contribution < 1.29 is 0 Å². The molecule has 0 spiro atoms. The Morgan fingerprint density at radius 3 is 1.57 bits per heavy atom. The molecule has 4 aliphatic carbocycles. The lowest BCUT2D eigenvalue weighted by Gasteiger charge is -2.57. The van der Waals surface area contributed by atoms with Gasteiger partial charge in [-0.05, 0) is 90.5 Å². The summed E-state index contributed by atoms with van der Waals surface area (Å²) in [5.41, 5.74) is 4.79. The van der Waals surface area contributed by atoms with Crippen LogP contribution in [-0.4, -0.2) is 0 Å². The van der Waals surface area contributed by atoms with Gasteiger partial charge in [-0.15, -0.1) is 0 Å². The van der Waals surface area contributed by atoms with Crippen molar-refractivity contribution in [1.29, 1.82) is 0 Å². The molecule has 0 aliphatic heterocycles. The van der Waals surface area contributed by atoms with Crippen LogP contribution in [0.1, 0.15) is 44.1 Å². The van der Waals surface area contributed by atoms with Crippen molar-refractivity contribution in [3.8, 4) is 11.1 Å². The summed E-state index contributed by atoms with van der Waals surface area (Å²) in [5, 5.41) is 0. The number of rotatable bonds is 2. The van der Waals surface area contributed by atoms with Crippen LogP contribution in [0, 0.1) is 17.8 Å². The monoisotopic (exact) mass is 366 g/mol. The van der Waals surface area contributed by atoms with E-state index in [0.29, 0.717) is 5.41 Å². The van der Waals surface area contributed by atoms with Gasteiger partial charge in [0.1, 0.15) is 0 Å². The zero-order valence-corrected chi connectivity index (χ0v) is 15.1. The van der Waals surface area contributed by atoms with E-state index >= 15 is 0 Å². The fourth-order valence-corrected chi connectivity index (χ4v) is 6.39. The highest BCUT2D eigenvalue weighted by Gasteiger charge is 2.51. The van der Waals surface area contributed by atoms with Gasteiger partial charge in [-0.2, -0.15) is 0 Å². The SMILES string of the molecule is Brc1ccc(-c2ccc(C34C[C@H]5C[C@H](C3)C[C@@H](C4)C5)cc2)cc1. The van der Waals surface area contributed by atoms with Gasteiger partial charge in [0, 0.05) is 4.47 Å². The lowest BCUT2D eigenvalue weighted by Crippen LogP contribution is -2.48. The molecule has 0 aromatic heterocycles. The first-order chi connectivity index (χ1) is 11.2. The smallest absolute Gasteiger partial charge is 0.0175 e. The average Bonchev–Trinajstić information content (AvgIpc) is 2.54. The largest absolute Gasteiger partial charge is 0.0579 e. The van der Waals surface area contributed by atoms with E-state index < -0.39 is 0 Å². The molecule has 2 aromatic carbocycles. The van der Waals surface area contributed by atoms with Crippen molar-refractivity contribution in [2.75, 3.05) is 0 Å². The first kappa shape index (κ1) is 14.3. The van der Waals surface area contributed by atoms with E-state index in [4.69, 9.17) is 0 Å². The third-order valence-electron chi connectivity index (χ3n) is 6.71. The lowest BCUT2D eigenvalue weighted by molar-refractivity contribution is -0.00518. The topological polar surface area (TPSA) is 0 Å². The summed E-state index contributed by atoms with van der Waals surface area (Å²) in [6, 6.07) is 18.2. The summed E-state index contributed by atoms with van der Waals surface area (Å²) in [6.45, 7) is 0. The molecule has 0 N–H and O–H groups in total. The van der Waals surface area contributed by atoms with Gasteiger partial charge in [-0.25, -0.2) is 0 Å². The van der Waals surface area contributed by atoms with Gasteiger partial charge < -0.3 is 0 Å². The molecule has 4 bridgehead atoms. The maximum atomic E-state index is 3.52. The van der Waals surface area contributed by atoms with Gasteiger partial charge in [0.15, 0.2) is 0 Å². The van der Waals surface area contributed by atoms with Gasteiger partial charge in [-0.3, -0.25) is 0 Å². The molecule has 0 radical (unpaired) electrons. The predicted octanol–water partition coefficient (Wildman–Crippen LogP) is 6.58. The Balaban J connectivity index is 1.47. The predicted molar refractivity (Wildman–Crippen MR) is 99.4 cm³/mol. The highest BCUT2D eigenvalue weighted by molar-refractivity contribution is 9.10. The Hall–Kier alpha value is -1.08. The maximum Gasteiger partial charge on any atom is 0.0175 e. The number of hydrogen-bond donors (Lipinski definition) is 0. The van der Waals surface area contributed by atoms with E-state index in [2.05, 4.69) is 64.5 Å². The van der Waals surface area contributed by atoms with Crippen LogP contribution >= 0.6 is 15.9 Å². The fraction of sp³-hybridized carbons (Fsp3) is 0.455. The highest BCUT2D eigenvalue weighted by atomic mass is 79.9. The Bertz CT molecular complexity index is 675. The average molecular weight is 367 g/mol. The Kier molecular flexibility index (Phi) is 3.23. The number of hydrogen-bond acceptors (Lipinski definition) is 0. The molecule has 0 nitrogen and oxygen atoms in total. The number of halogens is 1. The van der Waals surface area contributed by atoms with Gasteiger partial charge in [-0.1, -0.05) is 52.3 Å². The van der Waals surface area contributed by atoms with Crippen molar-refractivity contribution >= 4 is 15.9 Å². The molecule has 4 saturated carbocycles.